The molecule has 0 amide bonds. The van der Waals surface area contributed by atoms with Gasteiger partial charge in [-0.05, 0) is 45.1 Å². The molecular formula is C10H18N2O. The molecule has 1 aromatic rings. The van der Waals surface area contributed by atoms with E-state index in [2.05, 4.69) is 11.9 Å². The van der Waals surface area contributed by atoms with Crippen molar-refractivity contribution in [2.24, 2.45) is 5.73 Å². The van der Waals surface area contributed by atoms with Crippen LogP contribution in [0.25, 0.3) is 0 Å². The topological polar surface area (TPSA) is 42.4 Å². The van der Waals surface area contributed by atoms with Gasteiger partial charge in [-0.15, -0.1) is 0 Å². The molecular weight excluding hydrogens is 164 g/mol. The van der Waals surface area contributed by atoms with Gasteiger partial charge < -0.3 is 10.2 Å². The van der Waals surface area contributed by atoms with Crippen LogP contribution in [-0.2, 0) is 6.54 Å². The fraction of sp³-hybridized carbons (Fsp3) is 0.600. The predicted octanol–water partition coefficient (Wildman–Crippen LogP) is 1.45. The maximum atomic E-state index is 5.41. The maximum absolute atomic E-state index is 5.41. The summed E-state index contributed by atoms with van der Waals surface area (Å²) >= 11 is 0. The van der Waals surface area contributed by atoms with Crippen molar-refractivity contribution in [3.05, 3.63) is 24.2 Å². The highest BCUT2D eigenvalue weighted by molar-refractivity contribution is 4.97. The Hall–Kier alpha value is -0.800. The third kappa shape index (κ3) is 4.10. The molecule has 1 aromatic heterocycles. The number of rotatable bonds is 6. The smallest absolute Gasteiger partial charge is 0.117 e. The molecule has 2 N–H and O–H groups in total. The summed E-state index contributed by atoms with van der Waals surface area (Å²) in [5, 5.41) is 0. The summed E-state index contributed by atoms with van der Waals surface area (Å²) in [4.78, 5) is 2.24. The SMILES string of the molecule is CN(CCCCN)Cc1ccco1. The number of hydrogen-bond donors (Lipinski definition) is 1. The molecule has 0 aliphatic rings. The van der Waals surface area contributed by atoms with Crippen LogP contribution in [0, 0.1) is 0 Å². The van der Waals surface area contributed by atoms with Crippen LogP contribution in [0.3, 0.4) is 0 Å². The fourth-order valence-corrected chi connectivity index (χ4v) is 1.27. The van der Waals surface area contributed by atoms with Crippen LogP contribution in [0.2, 0.25) is 0 Å². The van der Waals surface area contributed by atoms with Crippen LogP contribution in [0.1, 0.15) is 18.6 Å². The van der Waals surface area contributed by atoms with Crippen molar-refractivity contribution in [3.8, 4) is 0 Å². The third-order valence-corrected chi connectivity index (χ3v) is 2.00. The Labute approximate surface area is 79.5 Å². The minimum Gasteiger partial charge on any atom is -0.468 e. The molecule has 74 valence electrons. The molecule has 0 saturated heterocycles. The van der Waals surface area contributed by atoms with Crippen LogP contribution in [0.5, 0.6) is 0 Å². The van der Waals surface area contributed by atoms with E-state index in [9.17, 15) is 0 Å². The summed E-state index contributed by atoms with van der Waals surface area (Å²) in [6.45, 7) is 2.75. The minimum absolute atomic E-state index is 0.786. The zero-order valence-corrected chi connectivity index (χ0v) is 8.20. The van der Waals surface area contributed by atoms with E-state index in [-0.39, 0.29) is 0 Å². The summed E-state index contributed by atoms with van der Waals surface area (Å²) in [6.07, 6.45) is 3.97. The van der Waals surface area contributed by atoms with Gasteiger partial charge in [-0.3, -0.25) is 4.90 Å². The van der Waals surface area contributed by atoms with Gasteiger partial charge in [-0.25, -0.2) is 0 Å². The lowest BCUT2D eigenvalue weighted by molar-refractivity contribution is 0.290. The fourth-order valence-electron chi connectivity index (χ4n) is 1.27. The highest BCUT2D eigenvalue weighted by Gasteiger charge is 2.01. The van der Waals surface area contributed by atoms with Crippen molar-refractivity contribution in [1.82, 2.24) is 4.90 Å². The van der Waals surface area contributed by atoms with E-state index < -0.39 is 0 Å². The second-order valence-electron chi connectivity index (χ2n) is 3.31. The lowest BCUT2D eigenvalue weighted by atomic mass is 10.3. The number of nitrogens with two attached hydrogens (primary N) is 1. The Morgan fingerprint density at radius 1 is 1.46 bits per heavy atom. The quantitative estimate of drug-likeness (QED) is 0.677. The van der Waals surface area contributed by atoms with Crippen molar-refractivity contribution in [2.45, 2.75) is 19.4 Å². The lowest BCUT2D eigenvalue weighted by Crippen LogP contribution is -2.19. The lowest BCUT2D eigenvalue weighted by Gasteiger charge is -2.14. The molecule has 0 aliphatic heterocycles. The zero-order chi connectivity index (χ0) is 9.52. The van der Waals surface area contributed by atoms with E-state index in [0.717, 1.165) is 38.2 Å². The number of unbranched alkanes of at least 4 members (excludes halogenated alkanes) is 1. The highest BCUT2D eigenvalue weighted by Crippen LogP contribution is 2.04. The maximum Gasteiger partial charge on any atom is 0.117 e. The molecule has 0 atom stereocenters. The van der Waals surface area contributed by atoms with Gasteiger partial charge in [0.1, 0.15) is 5.76 Å². The molecule has 0 unspecified atom stereocenters. The monoisotopic (exact) mass is 182 g/mol. The van der Waals surface area contributed by atoms with E-state index >= 15 is 0 Å². The highest BCUT2D eigenvalue weighted by atomic mass is 16.3. The van der Waals surface area contributed by atoms with Crippen molar-refractivity contribution < 1.29 is 4.42 Å². The second kappa shape index (κ2) is 5.78. The number of hydrogen-bond acceptors (Lipinski definition) is 3. The van der Waals surface area contributed by atoms with Gasteiger partial charge in [0, 0.05) is 0 Å². The van der Waals surface area contributed by atoms with E-state index in [1.165, 1.54) is 0 Å². The summed E-state index contributed by atoms with van der Waals surface area (Å²) < 4.78 is 5.24. The van der Waals surface area contributed by atoms with Gasteiger partial charge in [0.25, 0.3) is 0 Å². The Morgan fingerprint density at radius 2 is 2.31 bits per heavy atom. The molecule has 1 rings (SSSR count). The molecule has 3 nitrogen and oxygen atoms in total. The van der Waals surface area contributed by atoms with Crippen molar-refractivity contribution >= 4 is 0 Å². The third-order valence-electron chi connectivity index (χ3n) is 2.00. The summed E-state index contributed by atoms with van der Waals surface area (Å²) in [7, 11) is 2.10. The van der Waals surface area contributed by atoms with Crippen molar-refractivity contribution in [1.29, 1.82) is 0 Å². The molecule has 3 heteroatoms. The van der Waals surface area contributed by atoms with Crippen LogP contribution in [0.15, 0.2) is 22.8 Å². The van der Waals surface area contributed by atoms with Crippen LogP contribution >= 0.6 is 0 Å². The summed E-state index contributed by atoms with van der Waals surface area (Å²) in [5.74, 6) is 1.02. The normalized spacial score (nSPS) is 11.0. The molecule has 0 fully saturated rings. The Kier molecular flexibility index (Phi) is 4.57. The largest absolute Gasteiger partial charge is 0.468 e. The Balaban J connectivity index is 2.14. The average Bonchev–Trinajstić information content (AvgIpc) is 2.57. The molecule has 0 aliphatic carbocycles. The first-order valence-electron chi connectivity index (χ1n) is 4.74. The van der Waals surface area contributed by atoms with Gasteiger partial charge >= 0.3 is 0 Å². The predicted molar refractivity (Wildman–Crippen MR) is 53.3 cm³/mol. The van der Waals surface area contributed by atoms with Crippen molar-refractivity contribution in [2.75, 3.05) is 20.1 Å². The molecule has 0 radical (unpaired) electrons. The molecule has 1 heterocycles. The first kappa shape index (κ1) is 10.3. The van der Waals surface area contributed by atoms with Gasteiger partial charge in [-0.1, -0.05) is 0 Å². The molecule has 13 heavy (non-hydrogen) atoms. The van der Waals surface area contributed by atoms with Gasteiger partial charge in [0.2, 0.25) is 0 Å². The van der Waals surface area contributed by atoms with Crippen LogP contribution in [-0.4, -0.2) is 25.0 Å². The van der Waals surface area contributed by atoms with Gasteiger partial charge in [0.15, 0.2) is 0 Å². The average molecular weight is 182 g/mol. The second-order valence-corrected chi connectivity index (χ2v) is 3.31. The molecule has 0 aromatic carbocycles. The van der Waals surface area contributed by atoms with Gasteiger partial charge in [0.05, 0.1) is 12.8 Å². The number of furan rings is 1. The molecule has 0 spiro atoms. The Bertz CT molecular complexity index is 209. The first-order valence-corrected chi connectivity index (χ1v) is 4.74. The van der Waals surface area contributed by atoms with Gasteiger partial charge in [-0.2, -0.15) is 0 Å². The zero-order valence-electron chi connectivity index (χ0n) is 8.20. The molecule has 0 saturated carbocycles. The number of nitrogens with zero attached hydrogens (tertiary/aromatic N) is 1. The first-order chi connectivity index (χ1) is 6.33. The molecule has 0 bridgehead atoms. The van der Waals surface area contributed by atoms with E-state index in [4.69, 9.17) is 10.2 Å². The van der Waals surface area contributed by atoms with E-state index in [1.54, 1.807) is 6.26 Å². The Morgan fingerprint density at radius 3 is 2.92 bits per heavy atom. The summed E-state index contributed by atoms with van der Waals surface area (Å²) in [6, 6.07) is 3.92. The minimum atomic E-state index is 0.786. The standard InChI is InChI=1S/C10H18N2O/c1-12(7-3-2-6-11)9-10-5-4-8-13-10/h4-5,8H,2-3,6-7,9,11H2,1H3. The van der Waals surface area contributed by atoms with E-state index in [1.807, 2.05) is 12.1 Å². The summed E-state index contributed by atoms with van der Waals surface area (Å²) in [5.41, 5.74) is 5.41. The van der Waals surface area contributed by atoms with Crippen LogP contribution < -0.4 is 5.73 Å². The van der Waals surface area contributed by atoms with Crippen molar-refractivity contribution in [3.63, 3.8) is 0 Å². The van der Waals surface area contributed by atoms with Crippen LogP contribution in [0.4, 0.5) is 0 Å². The van der Waals surface area contributed by atoms with E-state index in [0.29, 0.717) is 0 Å².